The number of nitrogen functional groups attached to an aromatic ring is 2. The first-order valence-corrected chi connectivity index (χ1v) is 4.47. The monoisotopic (exact) mass is 208 g/mol. The fourth-order valence-corrected chi connectivity index (χ4v) is 1.30. The Morgan fingerprint density at radius 1 is 1.27 bits per heavy atom. The zero-order valence-electron chi connectivity index (χ0n) is 8.04. The van der Waals surface area contributed by atoms with Gasteiger partial charge in [0.15, 0.2) is 5.82 Å². The zero-order chi connectivity index (χ0) is 10.8. The molecule has 0 unspecified atom stereocenters. The van der Waals surface area contributed by atoms with E-state index in [4.69, 9.17) is 16.6 Å². The van der Waals surface area contributed by atoms with Crippen molar-refractivity contribution in [2.24, 2.45) is 0 Å². The minimum Gasteiger partial charge on any atom is -0.396 e. The highest BCUT2D eigenvalue weighted by atomic mass is 16.3. The average molecular weight is 208 g/mol. The van der Waals surface area contributed by atoms with Gasteiger partial charge < -0.3 is 16.6 Å². The summed E-state index contributed by atoms with van der Waals surface area (Å²) in [5.74, 6) is 0.331. The Hall–Kier alpha value is -2.02. The Bertz CT molecular complexity index is 459. The predicted octanol–water partition coefficient (Wildman–Crippen LogP) is -0.910. The van der Waals surface area contributed by atoms with Crippen molar-refractivity contribution in [3.05, 3.63) is 24.2 Å². The van der Waals surface area contributed by atoms with Crippen LogP contribution in [0.5, 0.6) is 0 Å². The van der Waals surface area contributed by atoms with Gasteiger partial charge in [0.2, 0.25) is 0 Å². The number of hydrogen-bond acceptors (Lipinski definition) is 5. The van der Waals surface area contributed by atoms with E-state index in [0.29, 0.717) is 17.9 Å². The SMILES string of the molecule is Nc1cnn(-n2nccc2CCO)c1N. The molecule has 2 aromatic rings. The third-order valence-electron chi connectivity index (χ3n) is 2.06. The van der Waals surface area contributed by atoms with Crippen molar-refractivity contribution in [2.75, 3.05) is 18.1 Å². The molecule has 0 atom stereocenters. The fourth-order valence-electron chi connectivity index (χ4n) is 1.30. The van der Waals surface area contributed by atoms with Crippen LogP contribution in [0.25, 0.3) is 0 Å². The number of anilines is 2. The van der Waals surface area contributed by atoms with E-state index in [9.17, 15) is 0 Å². The first-order chi connectivity index (χ1) is 7.24. The number of nitrogens with zero attached hydrogens (tertiary/aromatic N) is 4. The van der Waals surface area contributed by atoms with Crippen LogP contribution in [-0.2, 0) is 6.42 Å². The molecule has 0 aromatic carbocycles. The highest BCUT2D eigenvalue weighted by Crippen LogP contribution is 2.13. The number of aliphatic hydroxyl groups is 1. The third-order valence-corrected chi connectivity index (χ3v) is 2.06. The molecule has 5 N–H and O–H groups in total. The van der Waals surface area contributed by atoms with Crippen LogP contribution in [0.2, 0.25) is 0 Å². The minimum absolute atomic E-state index is 0.0440. The van der Waals surface area contributed by atoms with Crippen LogP contribution in [0.1, 0.15) is 5.69 Å². The van der Waals surface area contributed by atoms with Gasteiger partial charge >= 0.3 is 0 Å². The van der Waals surface area contributed by atoms with Gasteiger partial charge in [0.25, 0.3) is 0 Å². The molecule has 0 spiro atoms. The summed E-state index contributed by atoms with van der Waals surface area (Å²) in [5, 5.41) is 16.9. The fraction of sp³-hybridized carbons (Fsp3) is 0.250. The van der Waals surface area contributed by atoms with Crippen molar-refractivity contribution in [3.8, 4) is 0 Å². The quantitative estimate of drug-likeness (QED) is 0.605. The number of nitrogens with two attached hydrogens (primary N) is 2. The molecule has 2 heterocycles. The Labute approximate surface area is 85.9 Å². The van der Waals surface area contributed by atoms with E-state index in [1.165, 1.54) is 15.8 Å². The summed E-state index contributed by atoms with van der Waals surface area (Å²) in [6.07, 6.45) is 3.56. The second-order valence-corrected chi connectivity index (χ2v) is 3.06. The molecule has 0 aliphatic carbocycles. The Morgan fingerprint density at radius 3 is 2.67 bits per heavy atom. The van der Waals surface area contributed by atoms with Crippen LogP contribution < -0.4 is 11.5 Å². The average Bonchev–Trinajstić information content (AvgIpc) is 2.77. The van der Waals surface area contributed by atoms with E-state index in [-0.39, 0.29) is 6.61 Å². The lowest BCUT2D eigenvalue weighted by Gasteiger charge is -2.07. The standard InChI is InChI=1S/C8H12N6O/c9-7-5-12-14(8(7)10)13-6(2-4-15)1-3-11-13/h1,3,5,15H,2,4,9-10H2. The predicted molar refractivity (Wildman–Crippen MR) is 54.9 cm³/mol. The lowest BCUT2D eigenvalue weighted by atomic mass is 10.3. The van der Waals surface area contributed by atoms with Crippen LogP contribution in [0.15, 0.2) is 18.5 Å². The third kappa shape index (κ3) is 1.52. The van der Waals surface area contributed by atoms with E-state index in [2.05, 4.69) is 10.2 Å². The van der Waals surface area contributed by atoms with E-state index >= 15 is 0 Å². The van der Waals surface area contributed by atoms with E-state index in [1.54, 1.807) is 12.3 Å². The molecular formula is C8H12N6O. The molecule has 15 heavy (non-hydrogen) atoms. The van der Waals surface area contributed by atoms with Crippen molar-refractivity contribution in [1.82, 2.24) is 19.8 Å². The number of rotatable bonds is 3. The van der Waals surface area contributed by atoms with Gasteiger partial charge in [-0.2, -0.15) is 15.0 Å². The highest BCUT2D eigenvalue weighted by Gasteiger charge is 2.09. The number of aliphatic hydroxyl groups excluding tert-OH is 1. The van der Waals surface area contributed by atoms with Crippen molar-refractivity contribution < 1.29 is 5.11 Å². The van der Waals surface area contributed by atoms with Crippen LogP contribution >= 0.6 is 0 Å². The lowest BCUT2D eigenvalue weighted by Crippen LogP contribution is -2.18. The molecule has 2 aromatic heterocycles. The van der Waals surface area contributed by atoms with Crippen molar-refractivity contribution in [2.45, 2.75) is 6.42 Å². The maximum Gasteiger partial charge on any atom is 0.170 e. The summed E-state index contributed by atoms with van der Waals surface area (Å²) >= 11 is 0. The molecule has 0 aliphatic heterocycles. The van der Waals surface area contributed by atoms with Crippen LogP contribution in [0.3, 0.4) is 0 Å². The van der Waals surface area contributed by atoms with Gasteiger partial charge in [-0.25, -0.2) is 0 Å². The van der Waals surface area contributed by atoms with Crippen molar-refractivity contribution in [1.29, 1.82) is 0 Å². The normalized spacial score (nSPS) is 10.7. The van der Waals surface area contributed by atoms with Crippen LogP contribution in [0.4, 0.5) is 11.5 Å². The van der Waals surface area contributed by atoms with E-state index < -0.39 is 0 Å². The number of hydrogen-bond donors (Lipinski definition) is 3. The summed E-state index contributed by atoms with van der Waals surface area (Å²) in [5.41, 5.74) is 12.5. The van der Waals surface area contributed by atoms with E-state index in [0.717, 1.165) is 5.69 Å². The Balaban J connectivity index is 2.44. The largest absolute Gasteiger partial charge is 0.396 e. The summed E-state index contributed by atoms with van der Waals surface area (Å²) in [6, 6.07) is 1.79. The molecule has 0 bridgehead atoms. The summed E-state index contributed by atoms with van der Waals surface area (Å²) in [7, 11) is 0. The summed E-state index contributed by atoms with van der Waals surface area (Å²) in [6.45, 7) is 0.0440. The molecule has 0 fully saturated rings. The first-order valence-electron chi connectivity index (χ1n) is 4.47. The van der Waals surface area contributed by atoms with Gasteiger partial charge in [-0.05, 0) is 6.07 Å². The molecule has 0 radical (unpaired) electrons. The van der Waals surface area contributed by atoms with Gasteiger partial charge in [-0.1, -0.05) is 0 Å². The van der Waals surface area contributed by atoms with Gasteiger partial charge in [0.05, 0.1) is 23.8 Å². The topological polar surface area (TPSA) is 108 Å². The lowest BCUT2D eigenvalue weighted by molar-refractivity contribution is 0.293. The summed E-state index contributed by atoms with van der Waals surface area (Å²) in [4.78, 5) is 2.89. The van der Waals surface area contributed by atoms with Crippen LogP contribution in [0, 0.1) is 0 Å². The molecule has 2 rings (SSSR count). The maximum atomic E-state index is 8.86. The second-order valence-electron chi connectivity index (χ2n) is 3.06. The Morgan fingerprint density at radius 2 is 2.07 bits per heavy atom. The van der Waals surface area contributed by atoms with Crippen molar-refractivity contribution >= 4 is 11.5 Å². The van der Waals surface area contributed by atoms with Gasteiger partial charge in [-0.15, -0.1) is 4.79 Å². The maximum absolute atomic E-state index is 8.86. The number of aromatic nitrogens is 4. The molecular weight excluding hydrogens is 196 g/mol. The molecule has 7 heteroatoms. The van der Waals surface area contributed by atoms with Gasteiger partial charge in [-0.3, -0.25) is 0 Å². The van der Waals surface area contributed by atoms with Crippen molar-refractivity contribution in [3.63, 3.8) is 0 Å². The molecule has 7 nitrogen and oxygen atoms in total. The highest BCUT2D eigenvalue weighted by molar-refractivity contribution is 5.57. The van der Waals surface area contributed by atoms with Gasteiger partial charge in [0, 0.05) is 13.0 Å². The molecule has 80 valence electrons. The molecule has 0 saturated carbocycles. The summed E-state index contributed by atoms with van der Waals surface area (Å²) < 4.78 is 0. The second kappa shape index (κ2) is 3.62. The smallest absolute Gasteiger partial charge is 0.170 e. The zero-order valence-corrected chi connectivity index (χ0v) is 8.04. The molecule has 0 aliphatic rings. The van der Waals surface area contributed by atoms with Crippen LogP contribution in [-0.4, -0.2) is 31.5 Å². The Kier molecular flexibility index (Phi) is 2.30. The molecule has 0 amide bonds. The molecule has 0 saturated heterocycles. The minimum atomic E-state index is 0.0440. The first kappa shape index (κ1) is 9.53. The van der Waals surface area contributed by atoms with E-state index in [1.807, 2.05) is 0 Å². The van der Waals surface area contributed by atoms with Gasteiger partial charge in [0.1, 0.15) is 0 Å².